The molecule has 0 atom stereocenters. The molecule has 1 aromatic carbocycles. The average molecular weight is 428 g/mol. The summed E-state index contributed by atoms with van der Waals surface area (Å²) < 4.78 is 27.0. The topological polar surface area (TPSA) is 95.6 Å². The number of nitrogens with zero attached hydrogens (tertiary/aromatic N) is 1. The van der Waals surface area contributed by atoms with Crippen LogP contribution in [-0.4, -0.2) is 37.6 Å². The van der Waals surface area contributed by atoms with Gasteiger partial charge in [-0.3, -0.25) is 20.4 Å². The van der Waals surface area contributed by atoms with Crippen molar-refractivity contribution in [3.8, 4) is 0 Å². The number of carbonyl (C=O) groups is 2. The first-order chi connectivity index (χ1) is 12.9. The van der Waals surface area contributed by atoms with Crippen LogP contribution in [0.25, 0.3) is 0 Å². The zero-order chi connectivity index (χ0) is 19.4. The highest BCUT2D eigenvalue weighted by Gasteiger charge is 2.27. The summed E-state index contributed by atoms with van der Waals surface area (Å²) in [7, 11) is -3.52. The van der Waals surface area contributed by atoms with Crippen molar-refractivity contribution in [2.45, 2.75) is 24.2 Å². The molecular formula is C17H18ClN3O4S2. The Morgan fingerprint density at radius 2 is 1.70 bits per heavy atom. The summed E-state index contributed by atoms with van der Waals surface area (Å²) in [4.78, 5) is 24.9. The molecule has 0 saturated carbocycles. The maximum Gasteiger partial charge on any atom is 0.269 e. The summed E-state index contributed by atoms with van der Waals surface area (Å²) in [5.41, 5.74) is 4.88. The van der Waals surface area contributed by atoms with Gasteiger partial charge < -0.3 is 0 Å². The van der Waals surface area contributed by atoms with Crippen LogP contribution >= 0.6 is 22.9 Å². The minimum Gasteiger partial charge on any atom is -0.273 e. The number of hydrogen-bond donors (Lipinski definition) is 2. The number of rotatable bonds is 5. The van der Waals surface area contributed by atoms with E-state index in [4.69, 9.17) is 11.6 Å². The van der Waals surface area contributed by atoms with Crippen molar-refractivity contribution in [1.82, 2.24) is 15.2 Å². The third kappa shape index (κ3) is 4.86. The maximum atomic E-state index is 12.5. The van der Waals surface area contributed by atoms with Gasteiger partial charge in [0, 0.05) is 23.5 Å². The Morgan fingerprint density at radius 3 is 2.30 bits per heavy atom. The Morgan fingerprint density at radius 1 is 1.04 bits per heavy atom. The number of halogens is 1. The molecule has 0 spiro atoms. The van der Waals surface area contributed by atoms with Crippen LogP contribution in [0.2, 0.25) is 4.34 Å². The molecule has 0 unspecified atom stereocenters. The van der Waals surface area contributed by atoms with E-state index >= 15 is 0 Å². The van der Waals surface area contributed by atoms with Crippen LogP contribution < -0.4 is 10.9 Å². The lowest BCUT2D eigenvalue weighted by Crippen LogP contribution is -2.42. The summed E-state index contributed by atoms with van der Waals surface area (Å²) in [5, 5.41) is 0. The number of hydrazine groups is 1. The molecule has 1 fully saturated rings. The molecule has 2 N–H and O–H groups in total. The van der Waals surface area contributed by atoms with E-state index in [0.717, 1.165) is 17.7 Å². The van der Waals surface area contributed by atoms with Crippen molar-refractivity contribution in [2.24, 2.45) is 0 Å². The molecule has 0 aliphatic carbocycles. The third-order valence-corrected chi connectivity index (χ3v) is 7.24. The first-order valence-electron chi connectivity index (χ1n) is 8.30. The van der Waals surface area contributed by atoms with Gasteiger partial charge in [0.2, 0.25) is 15.9 Å². The Balaban J connectivity index is 1.56. The second-order valence-corrected chi connectivity index (χ2v) is 9.76. The van der Waals surface area contributed by atoms with Crippen molar-refractivity contribution in [1.29, 1.82) is 0 Å². The van der Waals surface area contributed by atoms with Crippen LogP contribution in [0, 0.1) is 0 Å². The molecule has 7 nitrogen and oxygen atoms in total. The molecule has 3 rings (SSSR count). The quantitative estimate of drug-likeness (QED) is 0.715. The standard InChI is InChI=1S/C17H18ClN3O4S2/c18-15-8-5-13(26-15)11-16(22)19-20-17(23)12-3-6-14(7-4-12)27(24,25)21-9-1-2-10-21/h3-8H,1-2,9-11H2,(H,19,22)(H,20,23). The van der Waals surface area contributed by atoms with Gasteiger partial charge in [0.25, 0.3) is 5.91 Å². The smallest absolute Gasteiger partial charge is 0.269 e. The molecule has 1 aromatic heterocycles. The van der Waals surface area contributed by atoms with E-state index in [9.17, 15) is 18.0 Å². The summed E-state index contributed by atoms with van der Waals surface area (Å²) in [6.07, 6.45) is 1.82. The first kappa shape index (κ1) is 19.8. The number of carbonyl (C=O) groups excluding carboxylic acids is 2. The van der Waals surface area contributed by atoms with Gasteiger partial charge in [-0.1, -0.05) is 11.6 Å². The highest BCUT2D eigenvalue weighted by molar-refractivity contribution is 7.89. The Bertz CT molecular complexity index is 935. The van der Waals surface area contributed by atoms with Gasteiger partial charge in [0.15, 0.2) is 0 Å². The van der Waals surface area contributed by atoms with Crippen LogP contribution in [0.1, 0.15) is 28.1 Å². The predicted molar refractivity (Wildman–Crippen MR) is 103 cm³/mol. The van der Waals surface area contributed by atoms with Crippen molar-refractivity contribution < 1.29 is 18.0 Å². The van der Waals surface area contributed by atoms with E-state index in [1.54, 1.807) is 12.1 Å². The Labute approximate surface area is 166 Å². The van der Waals surface area contributed by atoms with Crippen LogP contribution in [0.5, 0.6) is 0 Å². The minimum atomic E-state index is -3.52. The Kier molecular flexibility index (Phi) is 6.15. The third-order valence-electron chi connectivity index (χ3n) is 4.10. The molecule has 10 heteroatoms. The fraction of sp³-hybridized carbons (Fsp3) is 0.294. The van der Waals surface area contributed by atoms with Crippen molar-refractivity contribution >= 4 is 44.8 Å². The molecule has 0 bridgehead atoms. The number of amides is 2. The minimum absolute atomic E-state index is 0.102. The van der Waals surface area contributed by atoms with Crippen molar-refractivity contribution in [3.05, 3.63) is 51.2 Å². The van der Waals surface area contributed by atoms with E-state index < -0.39 is 15.9 Å². The lowest BCUT2D eigenvalue weighted by atomic mass is 10.2. The van der Waals surface area contributed by atoms with Crippen LogP contribution in [-0.2, 0) is 21.2 Å². The van der Waals surface area contributed by atoms with Crippen molar-refractivity contribution in [3.63, 3.8) is 0 Å². The lowest BCUT2D eigenvalue weighted by molar-refractivity contribution is -0.121. The molecule has 1 aliphatic rings. The number of sulfonamides is 1. The molecule has 1 saturated heterocycles. The average Bonchev–Trinajstić information content (AvgIpc) is 3.32. The molecule has 27 heavy (non-hydrogen) atoms. The summed E-state index contributed by atoms with van der Waals surface area (Å²) >= 11 is 7.10. The molecule has 2 aromatic rings. The summed E-state index contributed by atoms with van der Waals surface area (Å²) in [6.45, 7) is 1.04. The SMILES string of the molecule is O=C(Cc1ccc(Cl)s1)NNC(=O)c1ccc(S(=O)(=O)N2CCCC2)cc1. The fourth-order valence-electron chi connectivity index (χ4n) is 2.70. The van der Waals surface area contributed by atoms with E-state index in [-0.39, 0.29) is 22.8 Å². The largest absolute Gasteiger partial charge is 0.273 e. The van der Waals surface area contributed by atoms with E-state index in [1.165, 1.54) is 39.9 Å². The number of benzene rings is 1. The maximum absolute atomic E-state index is 12.5. The number of nitrogens with one attached hydrogen (secondary N) is 2. The van der Waals surface area contributed by atoms with Crippen LogP contribution in [0.4, 0.5) is 0 Å². The molecule has 2 heterocycles. The molecule has 144 valence electrons. The fourth-order valence-corrected chi connectivity index (χ4v) is 5.31. The van der Waals surface area contributed by atoms with Gasteiger partial charge in [-0.25, -0.2) is 8.42 Å². The first-order valence-corrected chi connectivity index (χ1v) is 10.9. The van der Waals surface area contributed by atoms with E-state index in [2.05, 4.69) is 10.9 Å². The highest BCUT2D eigenvalue weighted by atomic mass is 35.5. The molecule has 1 aliphatic heterocycles. The van der Waals surface area contributed by atoms with Gasteiger partial charge in [0.05, 0.1) is 15.7 Å². The molecule has 2 amide bonds. The van der Waals surface area contributed by atoms with E-state index in [1.807, 2.05) is 0 Å². The number of hydrogen-bond acceptors (Lipinski definition) is 5. The monoisotopic (exact) mass is 427 g/mol. The van der Waals surface area contributed by atoms with Crippen LogP contribution in [0.3, 0.4) is 0 Å². The van der Waals surface area contributed by atoms with Gasteiger partial charge in [-0.15, -0.1) is 11.3 Å². The molecular weight excluding hydrogens is 410 g/mol. The van der Waals surface area contributed by atoms with E-state index in [0.29, 0.717) is 17.4 Å². The summed E-state index contributed by atoms with van der Waals surface area (Å²) in [5.74, 6) is -0.909. The van der Waals surface area contributed by atoms with Gasteiger partial charge in [0.1, 0.15) is 0 Å². The predicted octanol–water partition coefficient (Wildman–Crippen LogP) is 2.19. The van der Waals surface area contributed by atoms with Crippen LogP contribution in [0.15, 0.2) is 41.3 Å². The molecule has 0 radical (unpaired) electrons. The normalized spacial score (nSPS) is 14.9. The number of thiophene rings is 1. The zero-order valence-corrected chi connectivity index (χ0v) is 16.7. The second kappa shape index (κ2) is 8.39. The Hall–Kier alpha value is -1.94. The van der Waals surface area contributed by atoms with Gasteiger partial charge >= 0.3 is 0 Å². The van der Waals surface area contributed by atoms with Gasteiger partial charge in [-0.05, 0) is 49.2 Å². The lowest BCUT2D eigenvalue weighted by Gasteiger charge is -2.15. The highest BCUT2D eigenvalue weighted by Crippen LogP contribution is 2.22. The second-order valence-electron chi connectivity index (χ2n) is 6.02. The van der Waals surface area contributed by atoms with Gasteiger partial charge in [-0.2, -0.15) is 4.31 Å². The zero-order valence-electron chi connectivity index (χ0n) is 14.3. The van der Waals surface area contributed by atoms with Crippen molar-refractivity contribution in [2.75, 3.05) is 13.1 Å². The summed E-state index contributed by atoms with van der Waals surface area (Å²) in [6, 6.07) is 9.09.